The van der Waals surface area contributed by atoms with Crippen molar-refractivity contribution in [2.45, 2.75) is 6.54 Å². The maximum Gasteiger partial charge on any atom is 0.368 e. The minimum absolute atomic E-state index is 0.220. The van der Waals surface area contributed by atoms with E-state index in [0.29, 0.717) is 5.69 Å². The fraction of sp³-hybridized carbons (Fsp3) is 0.143. The molecule has 3 aromatic rings. The van der Waals surface area contributed by atoms with E-state index in [1.807, 2.05) is 18.2 Å². The van der Waals surface area contributed by atoms with Crippen molar-refractivity contribution < 1.29 is 9.21 Å². The van der Waals surface area contributed by atoms with Gasteiger partial charge in [0.15, 0.2) is 5.76 Å². The summed E-state index contributed by atoms with van der Waals surface area (Å²) >= 11 is 0. The molecular formula is C14H13N5O3. The topological polar surface area (TPSA) is 95.0 Å². The predicted octanol–water partition coefficient (Wildman–Crippen LogP) is 0.452. The van der Waals surface area contributed by atoms with E-state index in [1.54, 1.807) is 24.3 Å². The molecule has 1 aromatic carbocycles. The first-order valence-electron chi connectivity index (χ1n) is 6.65. The summed E-state index contributed by atoms with van der Waals surface area (Å²) in [7, 11) is 0. The number of para-hydroxylation sites is 1. The fourth-order valence-electron chi connectivity index (χ4n) is 1.92. The van der Waals surface area contributed by atoms with Crippen LogP contribution in [0, 0.1) is 0 Å². The zero-order chi connectivity index (χ0) is 15.4. The third kappa shape index (κ3) is 2.80. The van der Waals surface area contributed by atoms with Crippen LogP contribution in [0.15, 0.2) is 57.9 Å². The lowest BCUT2D eigenvalue weighted by atomic mass is 10.3. The normalized spacial score (nSPS) is 10.5. The van der Waals surface area contributed by atoms with Crippen LogP contribution < -0.4 is 11.0 Å². The molecular weight excluding hydrogens is 286 g/mol. The average molecular weight is 299 g/mol. The Morgan fingerprint density at radius 3 is 2.68 bits per heavy atom. The highest BCUT2D eigenvalue weighted by Crippen LogP contribution is 2.00. The van der Waals surface area contributed by atoms with Crippen molar-refractivity contribution in [1.82, 2.24) is 25.1 Å². The number of hydrogen-bond donors (Lipinski definition) is 1. The fourth-order valence-corrected chi connectivity index (χ4v) is 1.92. The van der Waals surface area contributed by atoms with Crippen molar-refractivity contribution in [2.75, 3.05) is 6.54 Å². The molecule has 1 N–H and O–H groups in total. The number of amides is 1. The molecule has 22 heavy (non-hydrogen) atoms. The van der Waals surface area contributed by atoms with Crippen molar-refractivity contribution in [1.29, 1.82) is 0 Å². The highest BCUT2D eigenvalue weighted by atomic mass is 16.3. The Labute approximate surface area is 125 Å². The molecule has 0 aliphatic rings. The Bertz CT molecular complexity index is 805. The van der Waals surface area contributed by atoms with Gasteiger partial charge in [-0.25, -0.2) is 4.79 Å². The van der Waals surface area contributed by atoms with Crippen molar-refractivity contribution in [2.24, 2.45) is 0 Å². The van der Waals surface area contributed by atoms with Gasteiger partial charge in [-0.15, -0.1) is 0 Å². The van der Waals surface area contributed by atoms with Gasteiger partial charge in [0.2, 0.25) is 0 Å². The van der Waals surface area contributed by atoms with E-state index >= 15 is 0 Å². The highest BCUT2D eigenvalue weighted by molar-refractivity contribution is 5.91. The summed E-state index contributed by atoms with van der Waals surface area (Å²) in [5.74, 6) is -0.117. The third-order valence-electron chi connectivity index (χ3n) is 2.99. The van der Waals surface area contributed by atoms with Gasteiger partial charge in [-0.1, -0.05) is 18.2 Å². The second kappa shape index (κ2) is 6.08. The highest BCUT2D eigenvalue weighted by Gasteiger charge is 2.10. The summed E-state index contributed by atoms with van der Waals surface area (Å²) in [6.45, 7) is 0.463. The number of nitrogens with zero attached hydrogens (tertiary/aromatic N) is 4. The first-order chi connectivity index (χ1) is 10.8. The zero-order valence-corrected chi connectivity index (χ0v) is 11.5. The number of rotatable bonds is 5. The van der Waals surface area contributed by atoms with Crippen LogP contribution in [0.4, 0.5) is 0 Å². The summed E-state index contributed by atoms with van der Waals surface area (Å²) in [5, 5.41) is 10.3. The minimum Gasteiger partial charge on any atom is -0.459 e. The maximum atomic E-state index is 12.1. The third-order valence-corrected chi connectivity index (χ3v) is 2.99. The summed E-state index contributed by atoms with van der Waals surface area (Å²) in [4.78, 5) is 23.8. The van der Waals surface area contributed by atoms with E-state index in [-0.39, 0.29) is 30.4 Å². The van der Waals surface area contributed by atoms with Gasteiger partial charge in [-0.3, -0.25) is 4.79 Å². The number of benzene rings is 1. The van der Waals surface area contributed by atoms with Crippen LogP contribution in [0.2, 0.25) is 0 Å². The summed E-state index contributed by atoms with van der Waals surface area (Å²) < 4.78 is 7.36. The first-order valence-corrected chi connectivity index (χ1v) is 6.65. The number of carbonyl (C=O) groups excluding carboxylic acids is 1. The van der Waals surface area contributed by atoms with E-state index in [0.717, 1.165) is 0 Å². The lowest BCUT2D eigenvalue weighted by Crippen LogP contribution is -2.31. The molecule has 0 fully saturated rings. The first kappa shape index (κ1) is 13.8. The van der Waals surface area contributed by atoms with E-state index in [1.165, 1.54) is 15.6 Å². The molecule has 2 heterocycles. The van der Waals surface area contributed by atoms with Crippen LogP contribution in [0.3, 0.4) is 0 Å². The van der Waals surface area contributed by atoms with Gasteiger partial charge in [-0.2, -0.15) is 9.36 Å². The van der Waals surface area contributed by atoms with Crippen molar-refractivity contribution in [3.63, 3.8) is 0 Å². The zero-order valence-electron chi connectivity index (χ0n) is 11.5. The van der Waals surface area contributed by atoms with Crippen LogP contribution in [0.5, 0.6) is 0 Å². The Morgan fingerprint density at radius 1 is 1.14 bits per heavy atom. The Kier molecular flexibility index (Phi) is 3.82. The van der Waals surface area contributed by atoms with Crippen molar-refractivity contribution in [3.8, 4) is 5.69 Å². The molecule has 0 aliphatic heterocycles. The van der Waals surface area contributed by atoms with Gasteiger partial charge in [0, 0.05) is 6.54 Å². The van der Waals surface area contributed by atoms with Crippen LogP contribution in [-0.4, -0.2) is 32.2 Å². The summed E-state index contributed by atoms with van der Waals surface area (Å²) in [5.41, 5.74) is 0.275. The Morgan fingerprint density at radius 2 is 1.95 bits per heavy atom. The second-order valence-electron chi connectivity index (χ2n) is 4.47. The van der Waals surface area contributed by atoms with Gasteiger partial charge >= 0.3 is 5.69 Å². The average Bonchev–Trinajstić information content (AvgIpc) is 3.19. The second-order valence-corrected chi connectivity index (χ2v) is 4.47. The molecule has 0 atom stereocenters. The Hall–Kier alpha value is -3.16. The lowest BCUT2D eigenvalue weighted by Gasteiger charge is -2.01. The van der Waals surface area contributed by atoms with Crippen LogP contribution >= 0.6 is 0 Å². The number of furan rings is 1. The SMILES string of the molecule is O=C(NCCn1nnn(-c2ccccc2)c1=O)c1ccco1. The molecule has 3 rings (SSSR count). The standard InChI is InChI=1S/C14H13N5O3/c20-13(12-7-4-10-22-12)15-8-9-18-14(21)19(17-16-18)11-5-2-1-3-6-11/h1-7,10H,8-9H2,(H,15,20). The molecule has 1 amide bonds. The number of aromatic nitrogens is 4. The number of nitrogens with one attached hydrogen (secondary N) is 1. The van der Waals surface area contributed by atoms with Crippen molar-refractivity contribution >= 4 is 5.91 Å². The number of carbonyl (C=O) groups is 1. The molecule has 0 saturated heterocycles. The molecule has 0 saturated carbocycles. The van der Waals surface area contributed by atoms with Gasteiger partial charge in [0.05, 0.1) is 18.5 Å². The molecule has 2 aromatic heterocycles. The van der Waals surface area contributed by atoms with E-state index < -0.39 is 0 Å². The van der Waals surface area contributed by atoms with Gasteiger partial charge in [0.1, 0.15) is 0 Å². The van der Waals surface area contributed by atoms with Crippen LogP contribution in [-0.2, 0) is 6.54 Å². The molecule has 112 valence electrons. The van der Waals surface area contributed by atoms with Gasteiger partial charge in [0.25, 0.3) is 5.91 Å². The largest absolute Gasteiger partial charge is 0.459 e. The molecule has 0 radical (unpaired) electrons. The monoisotopic (exact) mass is 299 g/mol. The molecule has 0 aliphatic carbocycles. The van der Waals surface area contributed by atoms with E-state index in [4.69, 9.17) is 4.42 Å². The lowest BCUT2D eigenvalue weighted by molar-refractivity contribution is 0.0924. The Balaban J connectivity index is 1.64. The van der Waals surface area contributed by atoms with E-state index in [9.17, 15) is 9.59 Å². The number of tetrazole rings is 1. The van der Waals surface area contributed by atoms with Gasteiger partial charge in [-0.05, 0) is 34.7 Å². The summed E-state index contributed by atoms with van der Waals surface area (Å²) in [6, 6.07) is 12.2. The van der Waals surface area contributed by atoms with Crippen LogP contribution in [0.25, 0.3) is 5.69 Å². The van der Waals surface area contributed by atoms with E-state index in [2.05, 4.69) is 15.7 Å². The molecule has 8 heteroatoms. The quantitative estimate of drug-likeness (QED) is 0.738. The number of hydrogen-bond acceptors (Lipinski definition) is 5. The molecule has 0 unspecified atom stereocenters. The van der Waals surface area contributed by atoms with Gasteiger partial charge < -0.3 is 9.73 Å². The predicted molar refractivity (Wildman–Crippen MR) is 76.7 cm³/mol. The summed E-state index contributed by atoms with van der Waals surface area (Å²) in [6.07, 6.45) is 1.42. The maximum absolute atomic E-state index is 12.1. The smallest absolute Gasteiger partial charge is 0.368 e. The molecule has 8 nitrogen and oxygen atoms in total. The van der Waals surface area contributed by atoms with Crippen LogP contribution in [0.1, 0.15) is 10.6 Å². The molecule has 0 bridgehead atoms. The molecule has 0 spiro atoms. The minimum atomic E-state index is -0.363. The van der Waals surface area contributed by atoms with Crippen molar-refractivity contribution in [3.05, 3.63) is 65.0 Å².